The van der Waals surface area contributed by atoms with Crippen molar-refractivity contribution in [2.75, 3.05) is 31.1 Å². The van der Waals surface area contributed by atoms with Gasteiger partial charge in [-0.3, -0.25) is 20.4 Å². The standard InChI is InChI=1S/C25H27N7O2/c26-18-32-22(27)9-10-23(29-32)30-11-13-31(14-12-30)24(33)16-20-7-4-8-21(15-20)25(34)28-17-19-5-2-1-3-6-19/h1-10,15,18,26-27H,11-14,16-17H2,(H,28,34). The van der Waals surface area contributed by atoms with Crippen LogP contribution in [0.4, 0.5) is 5.82 Å². The monoisotopic (exact) mass is 457 g/mol. The van der Waals surface area contributed by atoms with Crippen molar-refractivity contribution in [1.82, 2.24) is 20.0 Å². The van der Waals surface area contributed by atoms with E-state index >= 15 is 0 Å². The lowest BCUT2D eigenvalue weighted by Gasteiger charge is -2.35. The molecule has 34 heavy (non-hydrogen) atoms. The summed E-state index contributed by atoms with van der Waals surface area (Å²) in [4.78, 5) is 29.3. The van der Waals surface area contributed by atoms with Crippen LogP contribution in [0.25, 0.3) is 0 Å². The van der Waals surface area contributed by atoms with Crippen LogP contribution >= 0.6 is 0 Å². The van der Waals surface area contributed by atoms with Crippen LogP contribution in [0, 0.1) is 10.8 Å². The van der Waals surface area contributed by atoms with Crippen LogP contribution in [0.5, 0.6) is 0 Å². The number of aromatic nitrogens is 2. The first-order valence-corrected chi connectivity index (χ1v) is 11.1. The topological polar surface area (TPSA) is 118 Å². The van der Waals surface area contributed by atoms with Gasteiger partial charge in [0.1, 0.15) is 17.6 Å². The number of amides is 2. The molecule has 0 atom stereocenters. The van der Waals surface area contributed by atoms with Crippen LogP contribution in [0.1, 0.15) is 21.5 Å². The molecule has 1 aromatic heterocycles. The van der Waals surface area contributed by atoms with E-state index in [1.165, 1.54) is 4.68 Å². The van der Waals surface area contributed by atoms with Crippen molar-refractivity contribution in [3.8, 4) is 0 Å². The largest absolute Gasteiger partial charge is 0.352 e. The van der Waals surface area contributed by atoms with E-state index < -0.39 is 0 Å². The van der Waals surface area contributed by atoms with E-state index in [0.717, 1.165) is 17.5 Å². The zero-order chi connectivity index (χ0) is 23.9. The highest BCUT2D eigenvalue weighted by atomic mass is 16.2. The Kier molecular flexibility index (Phi) is 7.12. The molecule has 0 unspecified atom stereocenters. The molecule has 9 nitrogen and oxygen atoms in total. The first kappa shape index (κ1) is 22.9. The fourth-order valence-corrected chi connectivity index (χ4v) is 3.87. The van der Waals surface area contributed by atoms with E-state index in [-0.39, 0.29) is 23.7 Å². The summed E-state index contributed by atoms with van der Waals surface area (Å²) < 4.78 is 1.20. The smallest absolute Gasteiger partial charge is 0.251 e. The number of nitrogens with one attached hydrogen (secondary N) is 3. The fraction of sp³-hybridized carbons (Fsp3) is 0.240. The average molecular weight is 458 g/mol. The van der Waals surface area contributed by atoms with Gasteiger partial charge in [0.2, 0.25) is 5.91 Å². The van der Waals surface area contributed by atoms with E-state index in [9.17, 15) is 9.59 Å². The van der Waals surface area contributed by atoms with Crippen LogP contribution in [-0.2, 0) is 17.8 Å². The van der Waals surface area contributed by atoms with Crippen LogP contribution in [0.15, 0.2) is 66.7 Å². The van der Waals surface area contributed by atoms with Crippen LogP contribution in [0.2, 0.25) is 0 Å². The Hall–Kier alpha value is -4.27. The summed E-state index contributed by atoms with van der Waals surface area (Å²) in [5.41, 5.74) is 2.51. The molecule has 2 aromatic carbocycles. The minimum atomic E-state index is -0.167. The Bertz CT molecular complexity index is 1230. The van der Waals surface area contributed by atoms with Gasteiger partial charge in [0.25, 0.3) is 5.91 Å². The third-order valence-electron chi connectivity index (χ3n) is 5.77. The molecule has 3 N–H and O–H groups in total. The molecule has 0 radical (unpaired) electrons. The highest BCUT2D eigenvalue weighted by Gasteiger charge is 2.22. The fourth-order valence-electron chi connectivity index (χ4n) is 3.87. The molecule has 0 aliphatic carbocycles. The van der Waals surface area contributed by atoms with Gasteiger partial charge < -0.3 is 15.1 Å². The van der Waals surface area contributed by atoms with E-state index in [2.05, 4.69) is 10.4 Å². The summed E-state index contributed by atoms with van der Waals surface area (Å²) in [7, 11) is 0. The van der Waals surface area contributed by atoms with Gasteiger partial charge in [-0.25, -0.2) is 4.68 Å². The van der Waals surface area contributed by atoms with Gasteiger partial charge in [-0.15, -0.1) is 5.10 Å². The molecule has 1 aliphatic rings. The van der Waals surface area contributed by atoms with Gasteiger partial charge in [0.15, 0.2) is 0 Å². The second kappa shape index (κ2) is 10.6. The summed E-state index contributed by atoms with van der Waals surface area (Å²) in [5.74, 6) is 0.534. The predicted molar refractivity (Wildman–Crippen MR) is 129 cm³/mol. The Balaban J connectivity index is 1.31. The molecular weight excluding hydrogens is 430 g/mol. The Labute approximate surface area is 197 Å². The van der Waals surface area contributed by atoms with Crippen molar-refractivity contribution < 1.29 is 9.59 Å². The van der Waals surface area contributed by atoms with Gasteiger partial charge in [-0.2, -0.15) is 0 Å². The molecular formula is C25H27N7O2. The molecule has 0 saturated carbocycles. The van der Waals surface area contributed by atoms with E-state index in [1.54, 1.807) is 30.3 Å². The molecule has 1 saturated heterocycles. The molecule has 174 valence electrons. The zero-order valence-electron chi connectivity index (χ0n) is 18.8. The number of anilines is 1. The SMILES string of the molecule is N=Cn1nc(N2CCN(C(=O)Cc3cccc(C(=O)NCc4ccccc4)c3)CC2)ccc1=N. The summed E-state index contributed by atoms with van der Waals surface area (Å²) in [6.45, 7) is 2.81. The molecule has 2 amide bonds. The average Bonchev–Trinajstić information content (AvgIpc) is 2.88. The normalized spacial score (nSPS) is 13.4. The number of hydrogen-bond donors (Lipinski definition) is 3. The Morgan fingerprint density at radius 1 is 0.941 bits per heavy atom. The predicted octanol–water partition coefficient (Wildman–Crippen LogP) is 1.64. The highest BCUT2D eigenvalue weighted by molar-refractivity contribution is 5.94. The van der Waals surface area contributed by atoms with Crippen molar-refractivity contribution in [2.45, 2.75) is 13.0 Å². The molecule has 4 rings (SSSR count). The molecule has 1 aliphatic heterocycles. The summed E-state index contributed by atoms with van der Waals surface area (Å²) in [5, 5.41) is 22.3. The molecule has 0 spiro atoms. The lowest BCUT2D eigenvalue weighted by atomic mass is 10.1. The number of benzene rings is 2. The van der Waals surface area contributed by atoms with Gasteiger partial charge in [-0.1, -0.05) is 42.5 Å². The number of nitrogens with zero attached hydrogens (tertiary/aromatic N) is 4. The number of piperazine rings is 1. The van der Waals surface area contributed by atoms with Crippen molar-refractivity contribution >= 4 is 24.0 Å². The van der Waals surface area contributed by atoms with Gasteiger partial charge >= 0.3 is 0 Å². The van der Waals surface area contributed by atoms with Crippen LogP contribution < -0.4 is 15.7 Å². The van der Waals surface area contributed by atoms with E-state index in [4.69, 9.17) is 10.8 Å². The minimum absolute atomic E-state index is 0.0190. The van der Waals surface area contributed by atoms with Crippen molar-refractivity contribution in [1.29, 1.82) is 10.8 Å². The lowest BCUT2D eigenvalue weighted by molar-refractivity contribution is -0.130. The summed E-state index contributed by atoms with van der Waals surface area (Å²) >= 11 is 0. The van der Waals surface area contributed by atoms with Crippen LogP contribution in [0.3, 0.4) is 0 Å². The summed E-state index contributed by atoms with van der Waals surface area (Å²) in [6, 6.07) is 20.3. The minimum Gasteiger partial charge on any atom is -0.352 e. The molecule has 0 bridgehead atoms. The number of carbonyl (C=O) groups excluding carboxylic acids is 2. The maximum absolute atomic E-state index is 12.9. The quantitative estimate of drug-likeness (QED) is 0.369. The van der Waals surface area contributed by atoms with E-state index in [1.807, 2.05) is 46.2 Å². The maximum atomic E-state index is 12.9. The highest BCUT2D eigenvalue weighted by Crippen LogP contribution is 2.14. The number of carbonyl (C=O) groups is 2. The zero-order valence-corrected chi connectivity index (χ0v) is 18.8. The first-order chi connectivity index (χ1) is 16.5. The van der Waals surface area contributed by atoms with Crippen molar-refractivity contribution in [2.24, 2.45) is 0 Å². The number of rotatable bonds is 7. The maximum Gasteiger partial charge on any atom is 0.251 e. The summed E-state index contributed by atoms with van der Waals surface area (Å²) in [6.07, 6.45) is 1.24. The molecule has 2 heterocycles. The Morgan fingerprint density at radius 3 is 2.41 bits per heavy atom. The van der Waals surface area contributed by atoms with Gasteiger partial charge in [-0.05, 0) is 35.4 Å². The first-order valence-electron chi connectivity index (χ1n) is 11.1. The van der Waals surface area contributed by atoms with Crippen LogP contribution in [-0.4, -0.2) is 59.0 Å². The lowest BCUT2D eigenvalue weighted by Crippen LogP contribution is -2.49. The van der Waals surface area contributed by atoms with Crippen molar-refractivity contribution in [3.05, 3.63) is 88.9 Å². The second-order valence-corrected chi connectivity index (χ2v) is 8.06. The molecule has 9 heteroatoms. The van der Waals surface area contributed by atoms with Gasteiger partial charge in [0.05, 0.1) is 6.42 Å². The third kappa shape index (κ3) is 5.55. The number of hydrogen-bond acceptors (Lipinski definition) is 6. The Morgan fingerprint density at radius 2 is 1.68 bits per heavy atom. The molecule has 1 fully saturated rings. The third-order valence-corrected chi connectivity index (χ3v) is 5.77. The van der Waals surface area contributed by atoms with Crippen molar-refractivity contribution in [3.63, 3.8) is 0 Å². The van der Waals surface area contributed by atoms with Gasteiger partial charge in [0, 0.05) is 38.3 Å². The molecule has 3 aromatic rings. The second-order valence-electron chi connectivity index (χ2n) is 8.06. The van der Waals surface area contributed by atoms with E-state index in [0.29, 0.717) is 44.1 Å².